The van der Waals surface area contributed by atoms with Crippen LogP contribution in [0.5, 0.6) is 5.75 Å². The van der Waals surface area contributed by atoms with Gasteiger partial charge in [-0.05, 0) is 59.5 Å². The zero-order valence-electron chi connectivity index (χ0n) is 16.9. The van der Waals surface area contributed by atoms with Gasteiger partial charge in [0.1, 0.15) is 11.9 Å². The van der Waals surface area contributed by atoms with Crippen molar-refractivity contribution in [3.05, 3.63) is 30.3 Å². The van der Waals surface area contributed by atoms with Crippen LogP contribution in [-0.4, -0.2) is 24.4 Å². The molecule has 0 radical (unpaired) electrons. The number of methoxy groups -OCH3 is 1. The summed E-state index contributed by atoms with van der Waals surface area (Å²) in [7, 11) is 1.52. The van der Waals surface area contributed by atoms with Crippen molar-refractivity contribution in [1.82, 2.24) is 0 Å². The Morgan fingerprint density at radius 3 is 2.54 bits per heavy atom. The Hall–Kier alpha value is -1.62. The highest BCUT2D eigenvalue weighted by molar-refractivity contribution is 7.79. The van der Waals surface area contributed by atoms with Crippen molar-refractivity contribution in [2.24, 2.45) is 39.9 Å². The lowest BCUT2D eigenvalue weighted by atomic mass is 9.62. The molecule has 0 heterocycles. The van der Waals surface area contributed by atoms with Gasteiger partial charge in [0, 0.05) is 18.1 Å². The summed E-state index contributed by atoms with van der Waals surface area (Å²) in [5.41, 5.74) is 0.228. The van der Waals surface area contributed by atoms with E-state index in [9.17, 15) is 4.79 Å². The molecule has 5 rings (SSSR count). The summed E-state index contributed by atoms with van der Waals surface area (Å²) in [6.45, 7) is 6.99. The molecule has 0 aliphatic heterocycles. The van der Waals surface area contributed by atoms with E-state index in [4.69, 9.17) is 26.4 Å². The molecular formula is C23H28O4S. The molecule has 150 valence electrons. The largest absolute Gasteiger partial charge is 0.469 e. The van der Waals surface area contributed by atoms with E-state index in [0.717, 1.165) is 12.8 Å². The normalized spacial score (nSPS) is 43.8. The number of benzene rings is 1. The molecule has 4 aliphatic carbocycles. The molecule has 28 heavy (non-hydrogen) atoms. The summed E-state index contributed by atoms with van der Waals surface area (Å²) in [6, 6.07) is 9.51. The minimum atomic E-state index is -0.0900. The van der Waals surface area contributed by atoms with Crippen molar-refractivity contribution in [3.63, 3.8) is 0 Å². The van der Waals surface area contributed by atoms with Crippen molar-refractivity contribution in [3.8, 4) is 5.75 Å². The van der Waals surface area contributed by atoms with Crippen LogP contribution in [0.3, 0.4) is 0 Å². The van der Waals surface area contributed by atoms with Gasteiger partial charge >= 0.3 is 11.2 Å². The molecule has 4 aliphatic rings. The van der Waals surface area contributed by atoms with Crippen LogP contribution in [-0.2, 0) is 14.3 Å². The Morgan fingerprint density at radius 1 is 1.14 bits per heavy atom. The number of esters is 1. The summed E-state index contributed by atoms with van der Waals surface area (Å²) in [5.74, 6) is 1.99. The molecule has 1 spiro atoms. The van der Waals surface area contributed by atoms with Crippen LogP contribution < -0.4 is 4.74 Å². The lowest BCUT2D eigenvalue weighted by molar-refractivity contribution is -0.154. The zero-order valence-corrected chi connectivity index (χ0v) is 17.8. The summed E-state index contributed by atoms with van der Waals surface area (Å²) in [4.78, 5) is 12.8. The number of hydrogen-bond donors (Lipinski definition) is 0. The Bertz CT molecular complexity index is 836. The van der Waals surface area contributed by atoms with Gasteiger partial charge in [-0.1, -0.05) is 39.0 Å². The summed E-state index contributed by atoms with van der Waals surface area (Å²) >= 11 is 5.44. The molecule has 4 bridgehead atoms. The standard InChI is InChI=1S/C23H28O4S/c1-21(2)18-15(27-20(28)26-13-8-6-5-7-9-13)12-22(3)16-11-10-14(23(16,18)21)17(22)19(24)25-4/h5-9,14-18H,10-12H2,1-4H3/t14-,15?,16+,17-,18?,22+,23-/m1/s1. The van der Waals surface area contributed by atoms with Crippen LogP contribution >= 0.6 is 12.2 Å². The monoisotopic (exact) mass is 400 g/mol. The number of rotatable bonds is 3. The average molecular weight is 401 g/mol. The fraction of sp³-hybridized carbons (Fsp3) is 0.652. The summed E-state index contributed by atoms with van der Waals surface area (Å²) < 4.78 is 17.3. The smallest absolute Gasteiger partial charge is 0.358 e. The van der Waals surface area contributed by atoms with Crippen molar-refractivity contribution >= 4 is 23.4 Å². The average Bonchev–Trinajstić information content (AvgIpc) is 2.90. The Labute approximate surface area is 171 Å². The van der Waals surface area contributed by atoms with E-state index in [-0.39, 0.29) is 39.5 Å². The highest BCUT2D eigenvalue weighted by atomic mass is 32.1. The highest BCUT2D eigenvalue weighted by Crippen LogP contribution is 2.92. The fourth-order valence-electron chi connectivity index (χ4n) is 8.32. The van der Waals surface area contributed by atoms with Gasteiger partial charge in [0.2, 0.25) is 0 Å². The van der Waals surface area contributed by atoms with E-state index in [2.05, 4.69) is 20.8 Å². The molecule has 2 unspecified atom stereocenters. The number of ether oxygens (including phenoxy) is 3. The molecular weight excluding hydrogens is 372 g/mol. The van der Waals surface area contributed by atoms with Crippen molar-refractivity contribution in [2.45, 2.75) is 46.1 Å². The van der Waals surface area contributed by atoms with E-state index < -0.39 is 0 Å². The first-order valence-electron chi connectivity index (χ1n) is 10.3. The Morgan fingerprint density at radius 2 is 1.86 bits per heavy atom. The quantitative estimate of drug-likeness (QED) is 0.547. The van der Waals surface area contributed by atoms with Crippen molar-refractivity contribution < 1.29 is 19.0 Å². The highest BCUT2D eigenvalue weighted by Gasteiger charge is 2.90. The van der Waals surface area contributed by atoms with E-state index in [0.29, 0.717) is 23.5 Å². The minimum absolute atomic E-state index is 0.0114. The molecule has 0 amide bonds. The van der Waals surface area contributed by atoms with Gasteiger partial charge in [0.15, 0.2) is 0 Å². The van der Waals surface area contributed by atoms with Gasteiger partial charge in [-0.25, -0.2) is 0 Å². The topological polar surface area (TPSA) is 44.8 Å². The first-order chi connectivity index (χ1) is 13.3. The molecule has 0 N–H and O–H groups in total. The molecule has 5 heteroatoms. The minimum Gasteiger partial charge on any atom is -0.469 e. The Kier molecular flexibility index (Phi) is 3.76. The van der Waals surface area contributed by atoms with E-state index >= 15 is 0 Å². The molecule has 0 saturated heterocycles. The van der Waals surface area contributed by atoms with Gasteiger partial charge < -0.3 is 14.2 Å². The molecule has 0 aromatic heterocycles. The lowest BCUT2D eigenvalue weighted by Gasteiger charge is -2.43. The molecule has 7 atom stereocenters. The molecule has 4 fully saturated rings. The second-order valence-corrected chi connectivity index (χ2v) is 10.2. The molecule has 1 aromatic carbocycles. The van der Waals surface area contributed by atoms with Gasteiger partial charge in [-0.3, -0.25) is 4.79 Å². The lowest BCUT2D eigenvalue weighted by Crippen LogP contribution is -2.44. The first kappa shape index (κ1) is 18.4. The predicted octanol–water partition coefficient (Wildman–Crippen LogP) is 4.62. The van der Waals surface area contributed by atoms with E-state index in [1.165, 1.54) is 13.5 Å². The number of hydrogen-bond acceptors (Lipinski definition) is 5. The third-order valence-corrected chi connectivity index (χ3v) is 9.03. The second-order valence-electron chi connectivity index (χ2n) is 9.90. The van der Waals surface area contributed by atoms with Crippen molar-refractivity contribution in [1.29, 1.82) is 0 Å². The maximum Gasteiger partial charge on any atom is 0.358 e. The predicted molar refractivity (Wildman–Crippen MR) is 109 cm³/mol. The van der Waals surface area contributed by atoms with Gasteiger partial charge in [0.05, 0.1) is 13.0 Å². The first-order valence-corrected chi connectivity index (χ1v) is 10.7. The molecule has 1 aromatic rings. The summed E-state index contributed by atoms with van der Waals surface area (Å²) in [5, 5.41) is 0.181. The van der Waals surface area contributed by atoms with Gasteiger partial charge in [0.25, 0.3) is 0 Å². The number of carbonyl (C=O) groups is 1. The third-order valence-electron chi connectivity index (χ3n) is 8.85. The third kappa shape index (κ3) is 2.01. The molecule has 4 saturated carbocycles. The maximum absolute atomic E-state index is 12.8. The Balaban J connectivity index is 1.44. The number of thiocarbonyl (C=S) groups is 1. The van der Waals surface area contributed by atoms with Gasteiger partial charge in [-0.15, -0.1) is 0 Å². The van der Waals surface area contributed by atoms with E-state index in [1.54, 1.807) is 0 Å². The second kappa shape index (κ2) is 5.71. The van der Waals surface area contributed by atoms with Crippen LogP contribution in [0.1, 0.15) is 40.0 Å². The van der Waals surface area contributed by atoms with Crippen LogP contribution in [0.25, 0.3) is 0 Å². The summed E-state index contributed by atoms with van der Waals surface area (Å²) in [6.07, 6.45) is 3.16. The van der Waals surface area contributed by atoms with Crippen LogP contribution in [0.4, 0.5) is 0 Å². The number of carbonyl (C=O) groups excluding carboxylic acids is 1. The van der Waals surface area contributed by atoms with Crippen molar-refractivity contribution in [2.75, 3.05) is 7.11 Å². The molecule has 4 nitrogen and oxygen atoms in total. The maximum atomic E-state index is 12.8. The zero-order chi connectivity index (χ0) is 19.9. The van der Waals surface area contributed by atoms with Crippen LogP contribution in [0.15, 0.2) is 30.3 Å². The van der Waals surface area contributed by atoms with Crippen LogP contribution in [0.2, 0.25) is 0 Å². The van der Waals surface area contributed by atoms with Crippen LogP contribution in [0, 0.1) is 39.9 Å². The SMILES string of the molecule is COC(=O)[C@H]1[C@H]2CC[C@H]3[C@]1(C)CC(OC(=S)Oc1ccccc1)C1C(C)(C)[C@]123. The number of para-hydroxylation sites is 1. The fourth-order valence-corrected chi connectivity index (χ4v) is 8.54. The van der Waals surface area contributed by atoms with E-state index in [1.807, 2.05) is 30.3 Å². The van der Waals surface area contributed by atoms with Gasteiger partial charge in [-0.2, -0.15) is 0 Å².